The number of alkyl halides is 3. The van der Waals surface area contributed by atoms with Crippen LogP contribution in [0.4, 0.5) is 19.2 Å². The van der Waals surface area contributed by atoms with E-state index >= 15 is 0 Å². The lowest BCUT2D eigenvalue weighted by molar-refractivity contribution is -0.274. The summed E-state index contributed by atoms with van der Waals surface area (Å²) in [5, 5.41) is 6.09. The Balaban J connectivity index is 1.58. The molecule has 5 rings (SSSR count). The van der Waals surface area contributed by atoms with Crippen LogP contribution in [-0.4, -0.2) is 41.0 Å². The van der Waals surface area contributed by atoms with Crippen LogP contribution in [0.3, 0.4) is 0 Å². The van der Waals surface area contributed by atoms with Crippen molar-refractivity contribution in [2.45, 2.75) is 51.6 Å². The monoisotopic (exact) mass is 452 g/mol. The summed E-state index contributed by atoms with van der Waals surface area (Å²) in [4.78, 5) is 10.9. The Kier molecular flexibility index (Phi) is 4.53. The highest BCUT2D eigenvalue weighted by Gasteiger charge is 2.52. The molecule has 1 aromatic carbocycles. The van der Waals surface area contributed by atoms with Crippen LogP contribution in [0.25, 0.3) is 21.7 Å². The van der Waals surface area contributed by atoms with E-state index in [1.54, 1.807) is 11.6 Å². The minimum atomic E-state index is -4.79. The quantitative estimate of drug-likeness (QED) is 0.589. The molecule has 0 amide bonds. The summed E-state index contributed by atoms with van der Waals surface area (Å²) in [7, 11) is 0. The number of thiazole rings is 1. The van der Waals surface area contributed by atoms with Gasteiger partial charge in [-0.2, -0.15) is 4.98 Å². The molecule has 2 aromatic heterocycles. The third-order valence-electron chi connectivity index (χ3n) is 6.36. The number of anilines is 1. The third kappa shape index (κ3) is 3.65. The maximum Gasteiger partial charge on any atom is 0.573 e. The molecule has 2 fully saturated rings. The minimum Gasteiger partial charge on any atom is -0.423 e. The molecule has 1 N–H and O–H groups in total. The number of rotatable bonds is 3. The Hall–Kier alpha value is -2.33. The Bertz CT molecular complexity index is 1110. The molecule has 166 valence electrons. The van der Waals surface area contributed by atoms with Gasteiger partial charge in [-0.05, 0) is 24.3 Å². The zero-order chi connectivity index (χ0) is 22.0. The highest BCUT2D eigenvalue weighted by Crippen LogP contribution is 2.44. The summed E-state index contributed by atoms with van der Waals surface area (Å²) in [6.07, 6.45) is -1.06. The molecule has 4 heterocycles. The summed E-state index contributed by atoms with van der Waals surface area (Å²) in [5.41, 5.74) is 1.13. The Labute approximate surface area is 181 Å². The molecule has 10 heteroatoms. The summed E-state index contributed by atoms with van der Waals surface area (Å²) in [6, 6.07) is 3.31. The van der Waals surface area contributed by atoms with Crippen molar-refractivity contribution < 1.29 is 22.3 Å². The molecule has 2 aliphatic heterocycles. The van der Waals surface area contributed by atoms with Crippen LogP contribution >= 0.6 is 11.3 Å². The summed E-state index contributed by atoms with van der Waals surface area (Å²) >= 11 is 1.32. The molecule has 3 aromatic rings. The molecule has 0 radical (unpaired) electrons. The van der Waals surface area contributed by atoms with Gasteiger partial charge in [0, 0.05) is 42.3 Å². The minimum absolute atomic E-state index is 0.0339. The maximum absolute atomic E-state index is 12.9. The first-order chi connectivity index (χ1) is 14.5. The number of benzene rings is 1. The SMILES string of the molecule is CC(C)(C)C12CCC(CN(c3nc4cc(OC(F)(F)F)cc(-c5nccs5)c4o3)C1)N2. The Morgan fingerprint density at radius 2 is 2.10 bits per heavy atom. The average molecular weight is 453 g/mol. The van der Waals surface area contributed by atoms with Crippen LogP contribution in [0.5, 0.6) is 5.75 Å². The number of nitrogens with zero attached hydrogens (tertiary/aromatic N) is 3. The van der Waals surface area contributed by atoms with Gasteiger partial charge in [0.2, 0.25) is 0 Å². The van der Waals surface area contributed by atoms with E-state index < -0.39 is 6.36 Å². The summed E-state index contributed by atoms with van der Waals surface area (Å²) in [6.45, 7) is 8.12. The van der Waals surface area contributed by atoms with Gasteiger partial charge >= 0.3 is 6.36 Å². The lowest BCUT2D eigenvalue weighted by Crippen LogP contribution is -2.65. The van der Waals surface area contributed by atoms with Crippen LogP contribution in [0.15, 0.2) is 28.1 Å². The van der Waals surface area contributed by atoms with Crippen molar-refractivity contribution in [2.24, 2.45) is 5.41 Å². The summed E-state index contributed by atoms with van der Waals surface area (Å²) in [5.74, 6) is -0.336. The number of hydrogen-bond donors (Lipinski definition) is 1. The molecule has 2 atom stereocenters. The fourth-order valence-electron chi connectivity index (χ4n) is 4.69. The van der Waals surface area contributed by atoms with Crippen LogP contribution in [0, 0.1) is 5.41 Å². The van der Waals surface area contributed by atoms with Crippen molar-refractivity contribution in [2.75, 3.05) is 18.0 Å². The second-order valence-corrected chi connectivity index (χ2v) is 10.2. The molecule has 2 aliphatic rings. The Morgan fingerprint density at radius 1 is 1.29 bits per heavy atom. The lowest BCUT2D eigenvalue weighted by atomic mass is 9.72. The topological polar surface area (TPSA) is 63.4 Å². The lowest BCUT2D eigenvalue weighted by Gasteiger charge is -2.48. The van der Waals surface area contributed by atoms with Gasteiger partial charge in [0.1, 0.15) is 16.3 Å². The average Bonchev–Trinajstić information content (AvgIpc) is 3.38. The van der Waals surface area contributed by atoms with Crippen LogP contribution < -0.4 is 15.0 Å². The van der Waals surface area contributed by atoms with Gasteiger partial charge in [0.15, 0.2) is 5.58 Å². The highest BCUT2D eigenvalue weighted by molar-refractivity contribution is 7.13. The number of fused-ring (bicyclic) bond motifs is 3. The number of nitrogens with one attached hydrogen (secondary N) is 1. The number of halogens is 3. The second kappa shape index (κ2) is 6.83. The first kappa shape index (κ1) is 20.6. The predicted octanol–water partition coefficient (Wildman–Crippen LogP) is 5.21. The van der Waals surface area contributed by atoms with Gasteiger partial charge in [-0.1, -0.05) is 20.8 Å². The standard InChI is InChI=1S/C21H23F3N4O2S/c1-19(2,3)20-5-4-12(27-20)10-28(11-20)18-26-15-9-13(30-21(22,23)24)8-14(16(15)29-18)17-25-6-7-31-17/h6-9,12,27H,4-5,10-11H2,1-3H3. The molecule has 2 unspecified atom stereocenters. The Morgan fingerprint density at radius 3 is 2.77 bits per heavy atom. The number of oxazole rings is 1. The molecular weight excluding hydrogens is 429 g/mol. The predicted molar refractivity (Wildman–Crippen MR) is 112 cm³/mol. The smallest absolute Gasteiger partial charge is 0.423 e. The molecule has 0 spiro atoms. The van der Waals surface area contributed by atoms with E-state index in [4.69, 9.17) is 4.42 Å². The van der Waals surface area contributed by atoms with Gasteiger partial charge < -0.3 is 19.4 Å². The van der Waals surface area contributed by atoms with E-state index in [0.717, 1.165) is 25.9 Å². The normalized spacial score (nSPS) is 24.2. The molecule has 0 saturated carbocycles. The van der Waals surface area contributed by atoms with E-state index in [9.17, 15) is 13.2 Å². The van der Waals surface area contributed by atoms with E-state index in [0.29, 0.717) is 33.7 Å². The fourth-order valence-corrected chi connectivity index (χ4v) is 5.34. The zero-order valence-corrected chi connectivity index (χ0v) is 18.2. The molecule has 6 nitrogen and oxygen atoms in total. The number of hydrogen-bond acceptors (Lipinski definition) is 7. The van der Waals surface area contributed by atoms with E-state index in [1.165, 1.54) is 23.5 Å². The molecule has 2 bridgehead atoms. The first-order valence-electron chi connectivity index (χ1n) is 10.2. The van der Waals surface area contributed by atoms with E-state index in [-0.39, 0.29) is 16.7 Å². The highest BCUT2D eigenvalue weighted by atomic mass is 32.1. The number of aromatic nitrogens is 2. The van der Waals surface area contributed by atoms with Crippen molar-refractivity contribution in [1.29, 1.82) is 0 Å². The van der Waals surface area contributed by atoms with Crippen LogP contribution in [0.1, 0.15) is 33.6 Å². The van der Waals surface area contributed by atoms with Gasteiger partial charge in [0.05, 0.1) is 5.56 Å². The largest absolute Gasteiger partial charge is 0.573 e. The fraction of sp³-hybridized carbons (Fsp3) is 0.524. The first-order valence-corrected chi connectivity index (χ1v) is 11.0. The maximum atomic E-state index is 12.9. The van der Waals surface area contributed by atoms with Crippen LogP contribution in [0.2, 0.25) is 0 Å². The number of piperazine rings is 1. The van der Waals surface area contributed by atoms with Gasteiger partial charge in [-0.3, -0.25) is 0 Å². The van der Waals surface area contributed by atoms with Crippen molar-refractivity contribution in [3.8, 4) is 16.3 Å². The van der Waals surface area contributed by atoms with E-state index in [2.05, 4.69) is 45.7 Å². The third-order valence-corrected chi connectivity index (χ3v) is 7.16. The van der Waals surface area contributed by atoms with Crippen molar-refractivity contribution in [3.63, 3.8) is 0 Å². The van der Waals surface area contributed by atoms with Gasteiger partial charge in [-0.25, -0.2) is 4.98 Å². The van der Waals surface area contributed by atoms with E-state index in [1.807, 2.05) is 0 Å². The van der Waals surface area contributed by atoms with Crippen LogP contribution in [-0.2, 0) is 0 Å². The molecule has 2 saturated heterocycles. The summed E-state index contributed by atoms with van der Waals surface area (Å²) < 4.78 is 48.9. The van der Waals surface area contributed by atoms with Crippen molar-refractivity contribution >= 4 is 28.5 Å². The molecule has 31 heavy (non-hydrogen) atoms. The number of ether oxygens (including phenoxy) is 1. The van der Waals surface area contributed by atoms with Crippen molar-refractivity contribution in [3.05, 3.63) is 23.7 Å². The van der Waals surface area contributed by atoms with Crippen molar-refractivity contribution in [1.82, 2.24) is 15.3 Å². The molecular formula is C21H23F3N4O2S. The second-order valence-electron chi connectivity index (χ2n) is 9.29. The molecule has 0 aliphatic carbocycles. The van der Waals surface area contributed by atoms with Gasteiger partial charge in [-0.15, -0.1) is 24.5 Å². The zero-order valence-electron chi connectivity index (χ0n) is 17.4. The van der Waals surface area contributed by atoms with Gasteiger partial charge in [0.25, 0.3) is 6.01 Å².